The van der Waals surface area contributed by atoms with Gasteiger partial charge in [0, 0.05) is 19.4 Å². The summed E-state index contributed by atoms with van der Waals surface area (Å²) in [7, 11) is 0. The Balaban J connectivity index is 1.68. The van der Waals surface area contributed by atoms with Crippen LogP contribution in [-0.2, 0) is 11.2 Å². The van der Waals surface area contributed by atoms with Gasteiger partial charge in [-0.25, -0.2) is 0 Å². The molecular formula is C13H15NO3S. The van der Waals surface area contributed by atoms with Gasteiger partial charge in [-0.05, 0) is 34.5 Å². The normalized spacial score (nSPS) is 12.3. The van der Waals surface area contributed by atoms with E-state index in [4.69, 9.17) is 4.42 Å². The molecule has 2 rings (SSSR count). The summed E-state index contributed by atoms with van der Waals surface area (Å²) in [5.74, 6) is 0.712. The number of furan rings is 1. The number of aryl methyl sites for hydroxylation is 1. The molecule has 0 radical (unpaired) electrons. The van der Waals surface area contributed by atoms with Gasteiger partial charge >= 0.3 is 0 Å². The molecule has 0 aliphatic rings. The first-order valence-electron chi connectivity index (χ1n) is 5.75. The van der Waals surface area contributed by atoms with E-state index in [0.29, 0.717) is 12.8 Å². The molecule has 5 heteroatoms. The van der Waals surface area contributed by atoms with E-state index in [-0.39, 0.29) is 12.5 Å². The number of rotatable bonds is 6. The molecule has 0 aliphatic heterocycles. The van der Waals surface area contributed by atoms with Crippen LogP contribution < -0.4 is 5.32 Å². The topological polar surface area (TPSA) is 62.5 Å². The molecule has 1 amide bonds. The Bertz CT molecular complexity index is 464. The number of aliphatic hydroxyl groups is 1. The minimum absolute atomic E-state index is 0.0827. The van der Waals surface area contributed by atoms with Crippen molar-refractivity contribution in [2.24, 2.45) is 0 Å². The SMILES string of the molecule is O=C(CCc1ccco1)NCC(O)c1ccsc1. The van der Waals surface area contributed by atoms with Crippen LogP contribution in [0.2, 0.25) is 0 Å². The largest absolute Gasteiger partial charge is 0.469 e. The van der Waals surface area contributed by atoms with E-state index in [9.17, 15) is 9.90 Å². The van der Waals surface area contributed by atoms with E-state index in [1.165, 1.54) is 11.3 Å². The molecular weight excluding hydrogens is 250 g/mol. The molecule has 96 valence electrons. The lowest BCUT2D eigenvalue weighted by Crippen LogP contribution is -2.28. The number of amides is 1. The maximum atomic E-state index is 11.6. The number of hydrogen-bond donors (Lipinski definition) is 2. The molecule has 18 heavy (non-hydrogen) atoms. The minimum Gasteiger partial charge on any atom is -0.469 e. The summed E-state index contributed by atoms with van der Waals surface area (Å²) < 4.78 is 5.14. The molecule has 0 aromatic carbocycles. The van der Waals surface area contributed by atoms with Gasteiger partial charge in [0.15, 0.2) is 0 Å². The van der Waals surface area contributed by atoms with Crippen LogP contribution in [0.3, 0.4) is 0 Å². The fraction of sp³-hybridized carbons (Fsp3) is 0.308. The Labute approximate surface area is 109 Å². The molecule has 4 nitrogen and oxygen atoms in total. The first-order chi connectivity index (χ1) is 8.75. The van der Waals surface area contributed by atoms with Gasteiger partial charge in [-0.3, -0.25) is 4.79 Å². The van der Waals surface area contributed by atoms with Gasteiger partial charge in [-0.1, -0.05) is 0 Å². The summed E-state index contributed by atoms with van der Waals surface area (Å²) in [4.78, 5) is 11.6. The van der Waals surface area contributed by atoms with Crippen LogP contribution >= 0.6 is 11.3 Å². The molecule has 1 unspecified atom stereocenters. The van der Waals surface area contributed by atoms with Crippen LogP contribution in [0.5, 0.6) is 0 Å². The lowest BCUT2D eigenvalue weighted by atomic mass is 10.2. The average Bonchev–Trinajstić information content (AvgIpc) is 3.05. The summed E-state index contributed by atoms with van der Waals surface area (Å²) in [5.41, 5.74) is 0.839. The minimum atomic E-state index is -0.635. The second-order valence-electron chi connectivity index (χ2n) is 3.96. The van der Waals surface area contributed by atoms with Crippen molar-refractivity contribution in [1.29, 1.82) is 0 Å². The Morgan fingerprint density at radius 1 is 1.50 bits per heavy atom. The van der Waals surface area contributed by atoms with E-state index in [1.54, 1.807) is 12.3 Å². The van der Waals surface area contributed by atoms with Crippen molar-refractivity contribution in [2.75, 3.05) is 6.54 Å². The lowest BCUT2D eigenvalue weighted by Gasteiger charge is -2.10. The number of carbonyl (C=O) groups excluding carboxylic acids is 1. The third kappa shape index (κ3) is 3.72. The van der Waals surface area contributed by atoms with E-state index >= 15 is 0 Å². The fourth-order valence-corrected chi connectivity index (χ4v) is 2.28. The smallest absolute Gasteiger partial charge is 0.220 e. The molecule has 0 fully saturated rings. The van der Waals surface area contributed by atoms with Gasteiger partial charge < -0.3 is 14.8 Å². The third-order valence-electron chi connectivity index (χ3n) is 2.60. The molecule has 0 spiro atoms. The van der Waals surface area contributed by atoms with Crippen molar-refractivity contribution < 1.29 is 14.3 Å². The standard InChI is InChI=1S/C13H15NO3S/c15-12(10-5-7-18-9-10)8-14-13(16)4-3-11-2-1-6-17-11/h1-2,5-7,9,12,15H,3-4,8H2,(H,14,16). The Morgan fingerprint density at radius 3 is 3.06 bits per heavy atom. The summed E-state index contributed by atoms with van der Waals surface area (Å²) >= 11 is 1.53. The van der Waals surface area contributed by atoms with Gasteiger partial charge in [-0.2, -0.15) is 11.3 Å². The fourth-order valence-electron chi connectivity index (χ4n) is 1.57. The van der Waals surface area contributed by atoms with Crippen LogP contribution in [0.15, 0.2) is 39.6 Å². The predicted molar refractivity (Wildman–Crippen MR) is 69.3 cm³/mol. The monoisotopic (exact) mass is 265 g/mol. The molecule has 0 saturated heterocycles. The highest BCUT2D eigenvalue weighted by molar-refractivity contribution is 7.07. The van der Waals surface area contributed by atoms with E-state index in [2.05, 4.69) is 5.32 Å². The molecule has 2 aromatic heterocycles. The summed E-state index contributed by atoms with van der Waals surface area (Å²) in [5, 5.41) is 16.3. The Hall–Kier alpha value is -1.59. The van der Waals surface area contributed by atoms with E-state index < -0.39 is 6.10 Å². The van der Waals surface area contributed by atoms with Gasteiger partial charge in [0.2, 0.25) is 5.91 Å². The second kappa shape index (κ2) is 6.37. The van der Waals surface area contributed by atoms with Crippen molar-refractivity contribution in [3.05, 3.63) is 46.5 Å². The zero-order chi connectivity index (χ0) is 12.8. The first kappa shape index (κ1) is 12.9. The number of aliphatic hydroxyl groups excluding tert-OH is 1. The van der Waals surface area contributed by atoms with Crippen LogP contribution in [0.25, 0.3) is 0 Å². The van der Waals surface area contributed by atoms with Gasteiger partial charge in [0.1, 0.15) is 5.76 Å². The molecule has 2 N–H and O–H groups in total. The quantitative estimate of drug-likeness (QED) is 0.841. The predicted octanol–water partition coefficient (Wildman–Crippen LogP) is 2.12. The van der Waals surface area contributed by atoms with Gasteiger partial charge in [0.25, 0.3) is 0 Å². The Kier molecular flexibility index (Phi) is 4.55. The molecule has 1 atom stereocenters. The zero-order valence-corrected chi connectivity index (χ0v) is 10.7. The van der Waals surface area contributed by atoms with Crippen LogP contribution in [-0.4, -0.2) is 17.6 Å². The van der Waals surface area contributed by atoms with Crippen LogP contribution in [0, 0.1) is 0 Å². The maximum absolute atomic E-state index is 11.6. The summed E-state index contributed by atoms with van der Waals surface area (Å²) in [6.07, 6.45) is 1.90. The number of nitrogens with one attached hydrogen (secondary N) is 1. The van der Waals surface area contributed by atoms with Gasteiger partial charge in [0.05, 0.1) is 12.4 Å². The Morgan fingerprint density at radius 2 is 2.39 bits per heavy atom. The second-order valence-corrected chi connectivity index (χ2v) is 4.74. The summed E-state index contributed by atoms with van der Waals surface area (Å²) in [6.45, 7) is 0.244. The van der Waals surface area contributed by atoms with Crippen molar-refractivity contribution in [3.63, 3.8) is 0 Å². The average molecular weight is 265 g/mol. The summed E-state index contributed by atoms with van der Waals surface area (Å²) in [6, 6.07) is 5.49. The molecule has 2 aromatic rings. The zero-order valence-electron chi connectivity index (χ0n) is 9.83. The maximum Gasteiger partial charge on any atom is 0.220 e. The highest BCUT2D eigenvalue weighted by Gasteiger charge is 2.10. The molecule has 0 saturated carbocycles. The molecule has 0 bridgehead atoms. The number of carbonyl (C=O) groups is 1. The number of thiophene rings is 1. The van der Waals surface area contributed by atoms with Crippen molar-refractivity contribution in [1.82, 2.24) is 5.32 Å². The van der Waals surface area contributed by atoms with Crippen molar-refractivity contribution in [3.8, 4) is 0 Å². The lowest BCUT2D eigenvalue weighted by molar-refractivity contribution is -0.121. The third-order valence-corrected chi connectivity index (χ3v) is 3.30. The molecule has 0 aliphatic carbocycles. The highest BCUT2D eigenvalue weighted by atomic mass is 32.1. The van der Waals surface area contributed by atoms with E-state index in [1.807, 2.05) is 22.9 Å². The van der Waals surface area contributed by atoms with Crippen molar-refractivity contribution >= 4 is 17.2 Å². The highest BCUT2D eigenvalue weighted by Crippen LogP contribution is 2.15. The van der Waals surface area contributed by atoms with E-state index in [0.717, 1.165) is 11.3 Å². The van der Waals surface area contributed by atoms with Crippen molar-refractivity contribution in [2.45, 2.75) is 18.9 Å². The van der Waals surface area contributed by atoms with Gasteiger partial charge in [-0.15, -0.1) is 0 Å². The van der Waals surface area contributed by atoms with Crippen LogP contribution in [0.1, 0.15) is 23.8 Å². The van der Waals surface area contributed by atoms with Crippen LogP contribution in [0.4, 0.5) is 0 Å². The first-order valence-corrected chi connectivity index (χ1v) is 6.69. The molecule has 2 heterocycles. The number of hydrogen-bond acceptors (Lipinski definition) is 4.